The van der Waals surface area contributed by atoms with Gasteiger partial charge in [0, 0.05) is 18.1 Å². The first-order valence-electron chi connectivity index (χ1n) is 4.62. The monoisotopic (exact) mass is 348 g/mol. The smallest absolute Gasteiger partial charge is 0.252 e. The summed E-state index contributed by atoms with van der Waals surface area (Å²) in [4.78, 5) is 11.6. The van der Waals surface area contributed by atoms with Crippen molar-refractivity contribution in [1.82, 2.24) is 20.3 Å². The fraction of sp³-hybridized carbons (Fsp3) is 0.222. The number of aromatic nitrogens is 3. The second kappa shape index (κ2) is 5.39. The zero-order valence-corrected chi connectivity index (χ0v) is 11.2. The second-order valence-electron chi connectivity index (χ2n) is 3.06. The van der Waals surface area contributed by atoms with E-state index in [2.05, 4.69) is 38.2 Å². The van der Waals surface area contributed by atoms with Crippen LogP contribution in [0, 0.1) is 2.88 Å². The Morgan fingerprint density at radius 1 is 1.62 bits per heavy atom. The summed E-state index contributed by atoms with van der Waals surface area (Å²) in [5.41, 5.74) is 0.716. The van der Waals surface area contributed by atoms with Crippen LogP contribution in [0.25, 0.3) is 0 Å². The van der Waals surface area contributed by atoms with Gasteiger partial charge in [-0.15, -0.1) is 16.4 Å². The van der Waals surface area contributed by atoms with E-state index in [0.29, 0.717) is 18.7 Å². The first-order chi connectivity index (χ1) is 7.75. The van der Waals surface area contributed by atoms with Crippen molar-refractivity contribution in [3.63, 3.8) is 0 Å². The third-order valence-electron chi connectivity index (χ3n) is 1.93. The lowest BCUT2D eigenvalue weighted by Gasteiger charge is -2.02. The maximum absolute atomic E-state index is 11.6. The van der Waals surface area contributed by atoms with Crippen molar-refractivity contribution < 1.29 is 4.79 Å². The number of carbonyl (C=O) groups is 1. The van der Waals surface area contributed by atoms with Crippen molar-refractivity contribution in [1.29, 1.82) is 0 Å². The minimum Gasteiger partial charge on any atom is -0.350 e. The van der Waals surface area contributed by atoms with Gasteiger partial charge in [-0.25, -0.2) is 0 Å². The molecule has 0 fully saturated rings. The number of thiophene rings is 1. The average molecular weight is 348 g/mol. The van der Waals surface area contributed by atoms with Gasteiger partial charge in [-0.1, -0.05) is 5.21 Å². The van der Waals surface area contributed by atoms with Gasteiger partial charge in [-0.2, -0.15) is 0 Å². The Balaban J connectivity index is 1.80. The summed E-state index contributed by atoms with van der Waals surface area (Å²) in [7, 11) is 0. The molecule has 0 aliphatic heterocycles. The number of carbonyl (C=O) groups excluding carboxylic acids is 1. The lowest BCUT2D eigenvalue weighted by molar-refractivity contribution is 0.0952. The molecule has 1 amide bonds. The quantitative estimate of drug-likeness (QED) is 0.850. The van der Waals surface area contributed by atoms with Crippen molar-refractivity contribution >= 4 is 39.8 Å². The number of nitrogens with one attached hydrogen (secondary N) is 1. The molecule has 2 rings (SSSR count). The molecule has 0 aliphatic carbocycles. The molecule has 0 radical (unpaired) electrons. The molecule has 0 unspecified atom stereocenters. The van der Waals surface area contributed by atoms with Gasteiger partial charge in [0.15, 0.2) is 0 Å². The maximum atomic E-state index is 11.6. The zero-order valence-electron chi connectivity index (χ0n) is 8.26. The summed E-state index contributed by atoms with van der Waals surface area (Å²) in [6.07, 6.45) is 3.38. The number of rotatable bonds is 4. The summed E-state index contributed by atoms with van der Waals surface area (Å²) in [5, 5.41) is 12.2. The lowest BCUT2D eigenvalue weighted by atomic mass is 10.3. The van der Waals surface area contributed by atoms with Crippen molar-refractivity contribution in [2.45, 2.75) is 6.54 Å². The number of nitrogens with zero attached hydrogens (tertiary/aromatic N) is 3. The van der Waals surface area contributed by atoms with E-state index in [-0.39, 0.29) is 5.91 Å². The molecule has 5 nitrogen and oxygen atoms in total. The predicted molar refractivity (Wildman–Crippen MR) is 69.4 cm³/mol. The fourth-order valence-electron chi connectivity index (χ4n) is 1.17. The highest BCUT2D eigenvalue weighted by molar-refractivity contribution is 14.1. The van der Waals surface area contributed by atoms with Crippen LogP contribution in [0.4, 0.5) is 0 Å². The first-order valence-corrected chi connectivity index (χ1v) is 6.58. The second-order valence-corrected chi connectivity index (χ2v) is 5.87. The molecule has 2 aromatic rings. The van der Waals surface area contributed by atoms with Crippen LogP contribution >= 0.6 is 33.9 Å². The normalized spacial score (nSPS) is 10.3. The lowest BCUT2D eigenvalue weighted by Crippen LogP contribution is -2.27. The molecule has 0 bridgehead atoms. The van der Waals surface area contributed by atoms with E-state index >= 15 is 0 Å². The fourth-order valence-corrected chi connectivity index (χ4v) is 2.49. The van der Waals surface area contributed by atoms with E-state index < -0.39 is 0 Å². The van der Waals surface area contributed by atoms with Gasteiger partial charge in [-0.3, -0.25) is 9.48 Å². The number of hydrogen-bond donors (Lipinski definition) is 1. The van der Waals surface area contributed by atoms with Crippen LogP contribution in [0.1, 0.15) is 10.4 Å². The molecule has 0 saturated carbocycles. The van der Waals surface area contributed by atoms with Gasteiger partial charge < -0.3 is 5.32 Å². The van der Waals surface area contributed by atoms with E-state index in [4.69, 9.17) is 0 Å². The van der Waals surface area contributed by atoms with Gasteiger partial charge in [0.2, 0.25) is 0 Å². The third-order valence-corrected chi connectivity index (χ3v) is 3.72. The topological polar surface area (TPSA) is 59.8 Å². The minimum atomic E-state index is -0.0423. The Labute approximate surface area is 110 Å². The molecule has 84 valence electrons. The summed E-state index contributed by atoms with van der Waals surface area (Å²) in [6, 6.07) is 1.87. The predicted octanol–water partition coefficient (Wildman–Crippen LogP) is 1.37. The van der Waals surface area contributed by atoms with Gasteiger partial charge >= 0.3 is 0 Å². The maximum Gasteiger partial charge on any atom is 0.252 e. The summed E-state index contributed by atoms with van der Waals surface area (Å²) < 4.78 is 2.79. The molecule has 2 aromatic heterocycles. The van der Waals surface area contributed by atoms with Gasteiger partial charge in [0.1, 0.15) is 0 Å². The highest BCUT2D eigenvalue weighted by Crippen LogP contribution is 2.16. The molecule has 0 aromatic carbocycles. The first kappa shape index (κ1) is 11.5. The molecule has 0 atom stereocenters. The highest BCUT2D eigenvalue weighted by atomic mass is 127. The van der Waals surface area contributed by atoms with E-state index in [9.17, 15) is 4.79 Å². The molecule has 7 heteroatoms. The van der Waals surface area contributed by atoms with Crippen LogP contribution < -0.4 is 5.32 Å². The number of hydrogen-bond acceptors (Lipinski definition) is 4. The Kier molecular flexibility index (Phi) is 3.88. The molecular formula is C9H9IN4OS. The van der Waals surface area contributed by atoms with E-state index in [1.54, 1.807) is 28.4 Å². The van der Waals surface area contributed by atoms with Gasteiger partial charge in [0.25, 0.3) is 5.91 Å². The summed E-state index contributed by atoms with van der Waals surface area (Å²) in [6.45, 7) is 1.18. The summed E-state index contributed by atoms with van der Waals surface area (Å²) in [5.74, 6) is -0.0423. The van der Waals surface area contributed by atoms with E-state index in [1.807, 2.05) is 11.4 Å². The Bertz CT molecular complexity index is 468. The van der Waals surface area contributed by atoms with Gasteiger partial charge in [0.05, 0.1) is 21.2 Å². The molecule has 2 heterocycles. The van der Waals surface area contributed by atoms with Crippen LogP contribution in [0.15, 0.2) is 23.8 Å². The highest BCUT2D eigenvalue weighted by Gasteiger charge is 2.06. The molecule has 0 saturated heterocycles. The van der Waals surface area contributed by atoms with Crippen molar-refractivity contribution in [3.05, 3.63) is 32.3 Å². The number of amides is 1. The molecule has 16 heavy (non-hydrogen) atoms. The average Bonchev–Trinajstić information content (AvgIpc) is 2.89. The third kappa shape index (κ3) is 3.01. The van der Waals surface area contributed by atoms with Crippen molar-refractivity contribution in [2.75, 3.05) is 6.54 Å². The largest absolute Gasteiger partial charge is 0.350 e. The van der Waals surface area contributed by atoms with Crippen LogP contribution in [0.2, 0.25) is 0 Å². The molecular weight excluding hydrogens is 339 g/mol. The van der Waals surface area contributed by atoms with Crippen LogP contribution in [0.3, 0.4) is 0 Å². The van der Waals surface area contributed by atoms with Crippen molar-refractivity contribution in [2.24, 2.45) is 0 Å². The molecule has 0 spiro atoms. The molecule has 0 aliphatic rings. The molecule has 1 N–H and O–H groups in total. The van der Waals surface area contributed by atoms with Gasteiger partial charge in [-0.05, 0) is 28.7 Å². The summed E-state index contributed by atoms with van der Waals surface area (Å²) >= 11 is 3.76. The van der Waals surface area contributed by atoms with Crippen LogP contribution in [-0.4, -0.2) is 27.4 Å². The SMILES string of the molecule is O=C(NCCn1ccnn1)c1csc(I)c1. The van der Waals surface area contributed by atoms with Crippen molar-refractivity contribution in [3.8, 4) is 0 Å². The van der Waals surface area contributed by atoms with E-state index in [1.165, 1.54) is 0 Å². The Hall–Kier alpha value is -0.960. The Morgan fingerprint density at radius 3 is 3.12 bits per heavy atom. The zero-order chi connectivity index (χ0) is 11.4. The number of halogens is 1. The van der Waals surface area contributed by atoms with Crippen LogP contribution in [-0.2, 0) is 6.54 Å². The van der Waals surface area contributed by atoms with Crippen LogP contribution in [0.5, 0.6) is 0 Å². The standard InChI is InChI=1S/C9H9IN4OS/c10-8-5-7(6-16-8)9(15)11-1-3-14-4-2-12-13-14/h2,4-6H,1,3H2,(H,11,15). The minimum absolute atomic E-state index is 0.0423. The Morgan fingerprint density at radius 2 is 2.50 bits per heavy atom. The van der Waals surface area contributed by atoms with E-state index in [0.717, 1.165) is 2.88 Å².